The molecule has 0 radical (unpaired) electrons. The molecule has 0 fully saturated rings. The van der Waals surface area contributed by atoms with Crippen LogP contribution in [0, 0.1) is 25.2 Å². The van der Waals surface area contributed by atoms with E-state index in [0.29, 0.717) is 37.6 Å². The molecule has 0 saturated carbocycles. The predicted molar refractivity (Wildman–Crippen MR) is 125 cm³/mol. The van der Waals surface area contributed by atoms with E-state index >= 15 is 0 Å². The highest BCUT2D eigenvalue weighted by atomic mass is 16.5. The summed E-state index contributed by atoms with van der Waals surface area (Å²) >= 11 is 0. The van der Waals surface area contributed by atoms with Crippen LogP contribution in [0.15, 0.2) is 53.0 Å². The number of hydrogen-bond donors (Lipinski definition) is 1. The average molecular weight is 447 g/mol. The molecule has 2 aromatic heterocycles. The number of pyridine rings is 1. The normalized spacial score (nSPS) is 11.3. The second kappa shape index (κ2) is 11.1. The minimum absolute atomic E-state index is 0.0145. The van der Waals surface area contributed by atoms with Crippen LogP contribution < -0.4 is 15.6 Å². The smallest absolute Gasteiger partial charge is 0.269 e. The summed E-state index contributed by atoms with van der Waals surface area (Å²) < 4.78 is 12.6. The van der Waals surface area contributed by atoms with Gasteiger partial charge in [0.1, 0.15) is 28.6 Å². The van der Waals surface area contributed by atoms with Gasteiger partial charge in [0.25, 0.3) is 11.5 Å². The summed E-state index contributed by atoms with van der Waals surface area (Å²) in [5.74, 6) is -0.0169. The maximum Gasteiger partial charge on any atom is 0.269 e. The summed E-state index contributed by atoms with van der Waals surface area (Å²) in [7, 11) is 0. The van der Waals surface area contributed by atoms with Crippen LogP contribution in [0.2, 0.25) is 0 Å². The van der Waals surface area contributed by atoms with Gasteiger partial charge in [-0.2, -0.15) is 10.2 Å². The molecule has 0 unspecified atom stereocenters. The second-order valence-electron chi connectivity index (χ2n) is 7.34. The molecule has 3 rings (SSSR count). The lowest BCUT2D eigenvalue weighted by atomic mass is 10.1. The van der Waals surface area contributed by atoms with E-state index in [1.54, 1.807) is 30.5 Å². The Labute approximate surface area is 192 Å². The lowest BCUT2D eigenvalue weighted by Gasteiger charge is -2.13. The van der Waals surface area contributed by atoms with Crippen molar-refractivity contribution >= 4 is 17.6 Å². The fourth-order valence-corrected chi connectivity index (χ4v) is 3.13. The Morgan fingerprint density at radius 1 is 1.24 bits per heavy atom. The fraction of sp³-hybridized carbons (Fsp3) is 0.280. The lowest BCUT2D eigenvalue weighted by Crippen LogP contribution is -2.27. The molecule has 0 spiro atoms. The molecule has 33 heavy (non-hydrogen) atoms. The number of carbonyl (C=O) groups excluding carboxylic acids is 1. The molecule has 0 atom stereocenters. The van der Waals surface area contributed by atoms with Gasteiger partial charge in [-0.25, -0.2) is 0 Å². The van der Waals surface area contributed by atoms with Crippen molar-refractivity contribution in [3.8, 4) is 17.7 Å². The molecule has 0 aliphatic rings. The van der Waals surface area contributed by atoms with Crippen molar-refractivity contribution < 1.29 is 14.3 Å². The number of nitrogens with zero attached hydrogens (tertiary/aromatic N) is 3. The zero-order chi connectivity index (χ0) is 23.8. The van der Waals surface area contributed by atoms with Crippen LogP contribution in [0.3, 0.4) is 0 Å². The molecule has 0 saturated heterocycles. The van der Waals surface area contributed by atoms with Crippen molar-refractivity contribution in [2.75, 3.05) is 19.8 Å². The molecule has 8 nitrogen and oxygen atoms in total. The topological polar surface area (TPSA) is 106 Å². The molecular formula is C25H26N4O4. The maximum absolute atomic E-state index is 13.2. The number of aromatic nitrogens is 2. The van der Waals surface area contributed by atoms with Crippen molar-refractivity contribution in [3.05, 3.63) is 75.2 Å². The van der Waals surface area contributed by atoms with E-state index in [2.05, 4.69) is 10.3 Å². The Morgan fingerprint density at radius 2 is 2.06 bits per heavy atom. The van der Waals surface area contributed by atoms with Crippen LogP contribution in [0.25, 0.3) is 11.7 Å². The maximum atomic E-state index is 13.2. The van der Waals surface area contributed by atoms with E-state index in [1.165, 1.54) is 10.5 Å². The monoisotopic (exact) mass is 446 g/mol. The minimum atomic E-state index is -0.579. The quantitative estimate of drug-likeness (QED) is 0.306. The van der Waals surface area contributed by atoms with E-state index in [0.717, 1.165) is 11.1 Å². The molecule has 2 heterocycles. The van der Waals surface area contributed by atoms with Crippen molar-refractivity contribution in [2.24, 2.45) is 0 Å². The predicted octanol–water partition coefficient (Wildman–Crippen LogP) is 3.55. The number of hydrogen-bond acceptors (Lipinski definition) is 6. The highest BCUT2D eigenvalue weighted by Crippen LogP contribution is 2.28. The van der Waals surface area contributed by atoms with Crippen LogP contribution in [0.1, 0.15) is 30.0 Å². The zero-order valence-electron chi connectivity index (χ0n) is 18.9. The van der Waals surface area contributed by atoms with Crippen molar-refractivity contribution in [3.63, 3.8) is 0 Å². The molecule has 170 valence electrons. The zero-order valence-corrected chi connectivity index (χ0v) is 18.9. The van der Waals surface area contributed by atoms with Gasteiger partial charge in [0.05, 0.1) is 0 Å². The van der Waals surface area contributed by atoms with Gasteiger partial charge in [0.2, 0.25) is 5.88 Å². The molecule has 0 aliphatic heterocycles. The Kier molecular flexibility index (Phi) is 7.95. The molecule has 1 N–H and O–H groups in total. The first-order chi connectivity index (χ1) is 16.0. The Bertz CT molecular complexity index is 1290. The molecule has 8 heteroatoms. The van der Waals surface area contributed by atoms with Gasteiger partial charge >= 0.3 is 0 Å². The van der Waals surface area contributed by atoms with E-state index in [4.69, 9.17) is 9.47 Å². The number of nitriles is 1. The van der Waals surface area contributed by atoms with Gasteiger partial charge in [0.15, 0.2) is 0 Å². The van der Waals surface area contributed by atoms with E-state index in [1.807, 2.05) is 39.0 Å². The van der Waals surface area contributed by atoms with Gasteiger partial charge in [-0.1, -0.05) is 18.2 Å². The number of fused-ring (bicyclic) bond motifs is 1. The third-order valence-electron chi connectivity index (χ3n) is 5.10. The second-order valence-corrected chi connectivity index (χ2v) is 7.34. The molecular weight excluding hydrogens is 420 g/mol. The van der Waals surface area contributed by atoms with Crippen LogP contribution in [0.4, 0.5) is 0 Å². The fourth-order valence-electron chi connectivity index (χ4n) is 3.13. The van der Waals surface area contributed by atoms with Crippen molar-refractivity contribution in [1.29, 1.82) is 5.26 Å². The average Bonchev–Trinajstić information content (AvgIpc) is 2.81. The number of amides is 1. The highest BCUT2D eigenvalue weighted by molar-refractivity contribution is 6.01. The SMILES string of the molecule is CCOCCCNC(=O)/C(C#N)=C/c1c(Oc2cccc(C)c2C)nc2ccccn2c1=O. The van der Waals surface area contributed by atoms with Crippen LogP contribution in [-0.4, -0.2) is 35.1 Å². The number of carbonyl (C=O) groups is 1. The first-order valence-corrected chi connectivity index (χ1v) is 10.7. The van der Waals surface area contributed by atoms with Gasteiger partial charge in [-0.05, 0) is 62.6 Å². The van der Waals surface area contributed by atoms with Gasteiger partial charge in [-0.15, -0.1) is 0 Å². The van der Waals surface area contributed by atoms with Crippen LogP contribution in [0.5, 0.6) is 11.6 Å². The van der Waals surface area contributed by atoms with E-state index in [-0.39, 0.29) is 17.0 Å². The summed E-state index contributed by atoms with van der Waals surface area (Å²) in [6.45, 7) is 7.20. The third-order valence-corrected chi connectivity index (χ3v) is 5.10. The van der Waals surface area contributed by atoms with E-state index in [9.17, 15) is 14.9 Å². The Morgan fingerprint density at radius 3 is 2.82 bits per heavy atom. The lowest BCUT2D eigenvalue weighted by molar-refractivity contribution is -0.117. The summed E-state index contributed by atoms with van der Waals surface area (Å²) in [5, 5.41) is 12.3. The molecule has 0 bridgehead atoms. The third kappa shape index (κ3) is 5.64. The number of aryl methyl sites for hydroxylation is 1. The summed E-state index contributed by atoms with van der Waals surface area (Å²) in [6, 6.07) is 12.6. The highest BCUT2D eigenvalue weighted by Gasteiger charge is 2.18. The minimum Gasteiger partial charge on any atom is -0.438 e. The molecule has 0 aliphatic carbocycles. The van der Waals surface area contributed by atoms with Crippen LogP contribution >= 0.6 is 0 Å². The van der Waals surface area contributed by atoms with Crippen molar-refractivity contribution in [1.82, 2.24) is 14.7 Å². The van der Waals surface area contributed by atoms with E-state index < -0.39 is 11.5 Å². The number of benzene rings is 1. The first kappa shape index (κ1) is 23.7. The van der Waals surface area contributed by atoms with Crippen molar-refractivity contribution in [2.45, 2.75) is 27.2 Å². The number of nitrogens with one attached hydrogen (secondary N) is 1. The summed E-state index contributed by atoms with van der Waals surface area (Å²) in [6.07, 6.45) is 3.41. The first-order valence-electron chi connectivity index (χ1n) is 10.7. The molecule has 1 amide bonds. The van der Waals surface area contributed by atoms with Gasteiger partial charge in [-0.3, -0.25) is 14.0 Å². The standard InChI is InChI=1S/C25H26N4O4/c1-4-32-14-8-12-27-23(30)19(16-26)15-20-24(33-21-10-7-9-17(2)18(21)3)28-22-11-5-6-13-29(22)25(20)31/h5-7,9-11,13,15H,4,8,12,14H2,1-3H3,(H,27,30)/b19-15+. The largest absolute Gasteiger partial charge is 0.438 e. The number of ether oxygens (including phenoxy) is 2. The summed E-state index contributed by atoms with van der Waals surface area (Å²) in [4.78, 5) is 30.3. The van der Waals surface area contributed by atoms with Gasteiger partial charge in [0, 0.05) is 26.0 Å². The molecule has 3 aromatic rings. The Hall–Kier alpha value is -3.96. The molecule has 1 aromatic carbocycles. The van der Waals surface area contributed by atoms with Gasteiger partial charge < -0.3 is 14.8 Å². The number of rotatable bonds is 9. The Balaban J connectivity index is 2.02. The van der Waals surface area contributed by atoms with Crippen LogP contribution in [-0.2, 0) is 9.53 Å². The summed E-state index contributed by atoms with van der Waals surface area (Å²) in [5.41, 5.74) is 1.66.